The quantitative estimate of drug-likeness (QED) is 0.764. The van der Waals surface area contributed by atoms with Gasteiger partial charge in [-0.3, -0.25) is 0 Å². The monoisotopic (exact) mass is 304 g/mol. The lowest BCUT2D eigenvalue weighted by molar-refractivity contribution is 0.0698. The molecule has 2 rings (SSSR count). The van der Waals surface area contributed by atoms with E-state index < -0.39 is 16.0 Å². The Balaban J connectivity index is 2.28. The average Bonchev–Trinajstić information content (AvgIpc) is 2.73. The molecule has 1 aromatic rings. The summed E-state index contributed by atoms with van der Waals surface area (Å²) in [7, 11) is -3.77. The minimum absolute atomic E-state index is 0.0940. The van der Waals surface area contributed by atoms with Crippen LogP contribution < -0.4 is 10.0 Å². The van der Waals surface area contributed by atoms with Crippen LogP contribution in [0.1, 0.15) is 28.1 Å². The van der Waals surface area contributed by atoms with Gasteiger partial charge in [0.2, 0.25) is 10.0 Å². The van der Waals surface area contributed by atoms with Gasteiger partial charge in [-0.1, -0.05) is 0 Å². The van der Waals surface area contributed by atoms with Gasteiger partial charge < -0.3 is 10.4 Å². The van der Waals surface area contributed by atoms with Crippen molar-refractivity contribution >= 4 is 27.3 Å². The number of carboxylic acid groups (broad SMARTS) is 1. The molecule has 6 nitrogen and oxygen atoms in total. The Morgan fingerprint density at radius 3 is 2.68 bits per heavy atom. The summed E-state index contributed by atoms with van der Waals surface area (Å²) in [6, 6.07) is -0.132. The molecule has 1 aliphatic heterocycles. The van der Waals surface area contributed by atoms with Crippen molar-refractivity contribution in [2.24, 2.45) is 0 Å². The van der Waals surface area contributed by atoms with Crippen molar-refractivity contribution in [3.63, 3.8) is 0 Å². The summed E-state index contributed by atoms with van der Waals surface area (Å²) in [5.41, 5.74) is 0.476. The zero-order valence-corrected chi connectivity index (χ0v) is 12.1. The number of carboxylic acids is 1. The van der Waals surface area contributed by atoms with E-state index in [0.29, 0.717) is 18.4 Å². The largest absolute Gasteiger partial charge is 0.477 e. The highest BCUT2D eigenvalue weighted by Crippen LogP contribution is 2.27. The van der Waals surface area contributed by atoms with E-state index in [1.54, 1.807) is 12.3 Å². The van der Waals surface area contributed by atoms with E-state index in [-0.39, 0.29) is 15.8 Å². The summed E-state index contributed by atoms with van der Waals surface area (Å²) < 4.78 is 27.2. The lowest BCUT2D eigenvalue weighted by Gasteiger charge is -2.23. The van der Waals surface area contributed by atoms with E-state index >= 15 is 0 Å². The Morgan fingerprint density at radius 2 is 2.11 bits per heavy atom. The predicted molar refractivity (Wildman–Crippen MR) is 72.2 cm³/mol. The molecular weight excluding hydrogens is 288 g/mol. The number of nitrogens with one attached hydrogen (secondary N) is 2. The number of carbonyl (C=O) groups is 1. The molecule has 106 valence electrons. The standard InChI is InChI=1S/C11H16N2O4S2/c1-7-6-18-9(11(14)15)10(7)19(16,17)13-8-2-4-12-5-3-8/h6,8,12-13H,2-5H2,1H3,(H,14,15). The first-order valence-electron chi connectivity index (χ1n) is 5.96. The molecule has 0 saturated carbocycles. The van der Waals surface area contributed by atoms with Gasteiger partial charge in [-0.2, -0.15) is 0 Å². The first-order chi connectivity index (χ1) is 8.92. The fourth-order valence-electron chi connectivity index (χ4n) is 2.13. The molecule has 0 spiro atoms. The van der Waals surface area contributed by atoms with Crippen LogP contribution >= 0.6 is 11.3 Å². The summed E-state index contributed by atoms with van der Waals surface area (Å²) in [6.45, 7) is 3.14. The molecule has 1 aliphatic rings. The summed E-state index contributed by atoms with van der Waals surface area (Å²) in [6.07, 6.45) is 1.43. The van der Waals surface area contributed by atoms with Crippen molar-refractivity contribution in [3.8, 4) is 0 Å². The van der Waals surface area contributed by atoms with Gasteiger partial charge in [-0.05, 0) is 43.8 Å². The molecule has 0 aromatic carbocycles. The topological polar surface area (TPSA) is 95.5 Å². The lowest BCUT2D eigenvalue weighted by Crippen LogP contribution is -2.42. The van der Waals surface area contributed by atoms with E-state index in [1.807, 2.05) is 0 Å². The molecule has 2 heterocycles. The highest BCUT2D eigenvalue weighted by Gasteiger charge is 2.29. The van der Waals surface area contributed by atoms with Gasteiger partial charge in [0.1, 0.15) is 9.77 Å². The Hall–Kier alpha value is -0.960. The van der Waals surface area contributed by atoms with E-state index in [0.717, 1.165) is 24.4 Å². The summed E-state index contributed by atoms with van der Waals surface area (Å²) in [5, 5.41) is 13.8. The number of aryl methyl sites for hydroxylation is 1. The second kappa shape index (κ2) is 5.58. The molecule has 1 saturated heterocycles. The van der Waals surface area contributed by atoms with Crippen LogP contribution in [0.3, 0.4) is 0 Å². The smallest absolute Gasteiger partial charge is 0.347 e. The van der Waals surface area contributed by atoms with Crippen LogP contribution in [0, 0.1) is 6.92 Å². The van der Waals surface area contributed by atoms with Crippen molar-refractivity contribution in [1.29, 1.82) is 0 Å². The molecule has 8 heteroatoms. The highest BCUT2D eigenvalue weighted by atomic mass is 32.2. The zero-order chi connectivity index (χ0) is 14.0. The average molecular weight is 304 g/mol. The maximum Gasteiger partial charge on any atom is 0.347 e. The molecule has 0 bridgehead atoms. The van der Waals surface area contributed by atoms with Gasteiger partial charge in [0.05, 0.1) is 0 Å². The fraction of sp³-hybridized carbons (Fsp3) is 0.545. The number of piperidine rings is 1. The van der Waals surface area contributed by atoms with E-state index in [1.165, 1.54) is 0 Å². The number of hydrogen-bond acceptors (Lipinski definition) is 5. The molecule has 1 fully saturated rings. The van der Waals surface area contributed by atoms with Crippen molar-refractivity contribution in [2.75, 3.05) is 13.1 Å². The van der Waals surface area contributed by atoms with Crippen molar-refractivity contribution in [1.82, 2.24) is 10.0 Å². The highest BCUT2D eigenvalue weighted by molar-refractivity contribution is 7.89. The number of hydrogen-bond donors (Lipinski definition) is 3. The van der Waals surface area contributed by atoms with Gasteiger partial charge in [0.15, 0.2) is 0 Å². The summed E-state index contributed by atoms with van der Waals surface area (Å²) >= 11 is 0.942. The van der Waals surface area contributed by atoms with Crippen molar-refractivity contribution < 1.29 is 18.3 Å². The molecule has 0 radical (unpaired) electrons. The Morgan fingerprint density at radius 1 is 1.47 bits per heavy atom. The minimum Gasteiger partial charge on any atom is -0.477 e. The van der Waals surface area contributed by atoms with E-state index in [2.05, 4.69) is 10.0 Å². The van der Waals surface area contributed by atoms with Crippen LogP contribution in [0.2, 0.25) is 0 Å². The van der Waals surface area contributed by atoms with Crippen molar-refractivity contribution in [3.05, 3.63) is 15.8 Å². The first-order valence-corrected chi connectivity index (χ1v) is 8.32. The number of rotatable bonds is 4. The van der Waals surface area contributed by atoms with Crippen LogP contribution in [0.4, 0.5) is 0 Å². The Kier molecular flexibility index (Phi) is 4.24. The fourth-order valence-corrected chi connectivity index (χ4v) is 5.07. The maximum atomic E-state index is 12.3. The molecule has 0 aliphatic carbocycles. The molecule has 0 unspecified atom stereocenters. The second-order valence-corrected chi connectivity index (χ2v) is 7.06. The minimum atomic E-state index is -3.77. The Labute approximate surface area is 115 Å². The SMILES string of the molecule is Cc1csc(C(=O)O)c1S(=O)(=O)NC1CCNCC1. The molecule has 1 aromatic heterocycles. The van der Waals surface area contributed by atoms with Crippen LogP contribution in [0.15, 0.2) is 10.3 Å². The van der Waals surface area contributed by atoms with Gasteiger partial charge in [-0.25, -0.2) is 17.9 Å². The number of thiophene rings is 1. The molecule has 19 heavy (non-hydrogen) atoms. The van der Waals surface area contributed by atoms with Gasteiger partial charge in [0, 0.05) is 6.04 Å². The van der Waals surface area contributed by atoms with Crippen LogP contribution in [-0.4, -0.2) is 38.6 Å². The molecule has 3 N–H and O–H groups in total. The molecule has 0 amide bonds. The van der Waals surface area contributed by atoms with Crippen molar-refractivity contribution in [2.45, 2.75) is 30.7 Å². The second-order valence-electron chi connectivity index (χ2n) is 4.53. The molecular formula is C11H16N2O4S2. The summed E-state index contributed by atoms with van der Waals surface area (Å²) in [5.74, 6) is -1.20. The Bertz CT molecular complexity index is 574. The van der Waals surface area contributed by atoms with Crippen LogP contribution in [-0.2, 0) is 10.0 Å². The van der Waals surface area contributed by atoms with Crippen LogP contribution in [0.5, 0.6) is 0 Å². The van der Waals surface area contributed by atoms with Gasteiger partial charge >= 0.3 is 5.97 Å². The van der Waals surface area contributed by atoms with Gasteiger partial charge in [-0.15, -0.1) is 11.3 Å². The third-order valence-electron chi connectivity index (χ3n) is 3.04. The lowest BCUT2D eigenvalue weighted by atomic mass is 10.1. The summed E-state index contributed by atoms with van der Waals surface area (Å²) in [4.78, 5) is 10.9. The van der Waals surface area contributed by atoms with Gasteiger partial charge in [0.25, 0.3) is 0 Å². The number of aromatic carboxylic acids is 1. The number of sulfonamides is 1. The molecule has 0 atom stereocenters. The maximum absolute atomic E-state index is 12.3. The third-order valence-corrected chi connectivity index (χ3v) is 5.96. The third kappa shape index (κ3) is 3.14. The predicted octanol–water partition coefficient (Wildman–Crippen LogP) is 0.785. The normalized spacial score (nSPS) is 17.5. The zero-order valence-electron chi connectivity index (χ0n) is 10.5. The van der Waals surface area contributed by atoms with E-state index in [4.69, 9.17) is 5.11 Å². The van der Waals surface area contributed by atoms with Crippen LogP contribution in [0.25, 0.3) is 0 Å². The first kappa shape index (κ1) is 14.4. The van der Waals surface area contributed by atoms with E-state index in [9.17, 15) is 13.2 Å².